The van der Waals surface area contributed by atoms with Crippen LogP contribution in [-0.2, 0) is 4.79 Å². The highest BCUT2D eigenvalue weighted by Gasteiger charge is 2.35. The molecule has 0 aromatic heterocycles. The lowest BCUT2D eigenvalue weighted by Gasteiger charge is -2.33. The Hall–Kier alpha value is -0.570. The predicted molar refractivity (Wildman–Crippen MR) is 58.8 cm³/mol. The fourth-order valence-electron chi connectivity index (χ4n) is 3.13. The van der Waals surface area contributed by atoms with Crippen LogP contribution in [0.2, 0.25) is 0 Å². The van der Waals surface area contributed by atoms with Crippen molar-refractivity contribution in [3.05, 3.63) is 0 Å². The first-order valence-electron chi connectivity index (χ1n) is 6.26. The Morgan fingerprint density at radius 2 is 1.67 bits per heavy atom. The quantitative estimate of drug-likeness (QED) is 0.777. The molecule has 0 aromatic rings. The topological polar surface area (TPSA) is 40.5 Å². The van der Waals surface area contributed by atoms with Gasteiger partial charge in [-0.1, -0.05) is 19.3 Å². The van der Waals surface area contributed by atoms with Crippen molar-refractivity contribution in [1.82, 2.24) is 4.90 Å². The highest BCUT2D eigenvalue weighted by atomic mass is 16.4. The van der Waals surface area contributed by atoms with Gasteiger partial charge in [0.1, 0.15) is 6.04 Å². The number of carboxylic acid groups (broad SMARTS) is 1. The molecule has 0 amide bonds. The van der Waals surface area contributed by atoms with Gasteiger partial charge in [0.2, 0.25) is 0 Å². The summed E-state index contributed by atoms with van der Waals surface area (Å²) in [6, 6.07) is -0.187. The first kappa shape index (κ1) is 10.9. The number of hydrogen-bond donors (Lipinski definition) is 1. The largest absolute Gasteiger partial charge is 0.480 e. The average Bonchev–Trinajstić information content (AvgIpc) is 2.72. The molecule has 3 heteroatoms. The van der Waals surface area contributed by atoms with Gasteiger partial charge in [-0.25, -0.2) is 0 Å². The summed E-state index contributed by atoms with van der Waals surface area (Å²) in [5, 5.41) is 9.34. The summed E-state index contributed by atoms with van der Waals surface area (Å²) in [5.74, 6) is -0.182. The molecule has 1 N–H and O–H groups in total. The summed E-state index contributed by atoms with van der Waals surface area (Å²) in [6.07, 6.45) is 8.33. The Labute approximate surface area is 91.5 Å². The molecule has 1 aliphatic heterocycles. The van der Waals surface area contributed by atoms with Crippen molar-refractivity contribution in [2.45, 2.75) is 51.0 Å². The van der Waals surface area contributed by atoms with Gasteiger partial charge < -0.3 is 5.11 Å². The molecule has 1 atom stereocenters. The first-order valence-corrected chi connectivity index (χ1v) is 6.26. The van der Waals surface area contributed by atoms with Gasteiger partial charge in [-0.2, -0.15) is 0 Å². The lowest BCUT2D eigenvalue weighted by Crippen LogP contribution is -2.45. The van der Waals surface area contributed by atoms with Gasteiger partial charge in [-0.15, -0.1) is 0 Å². The Morgan fingerprint density at radius 3 is 2.20 bits per heavy atom. The van der Waals surface area contributed by atoms with E-state index >= 15 is 0 Å². The van der Waals surface area contributed by atoms with Gasteiger partial charge in [-0.3, -0.25) is 9.69 Å². The molecule has 86 valence electrons. The molecular formula is C12H21NO2. The Bertz CT molecular complexity index is 218. The molecule has 0 radical (unpaired) electrons. The number of rotatable bonds is 3. The third-order valence-corrected chi connectivity index (χ3v) is 3.88. The van der Waals surface area contributed by atoms with Crippen LogP contribution in [0.15, 0.2) is 0 Å². The molecular weight excluding hydrogens is 190 g/mol. The predicted octanol–water partition coefficient (Wildman–Crippen LogP) is 2.12. The van der Waals surface area contributed by atoms with Crippen LogP contribution in [0.5, 0.6) is 0 Å². The smallest absolute Gasteiger partial charge is 0.321 e. The molecule has 1 saturated heterocycles. The second-order valence-corrected chi connectivity index (χ2v) is 4.92. The lowest BCUT2D eigenvalue weighted by molar-refractivity contribution is -0.145. The van der Waals surface area contributed by atoms with Gasteiger partial charge in [0.15, 0.2) is 0 Å². The molecule has 1 aliphatic carbocycles. The van der Waals surface area contributed by atoms with E-state index < -0.39 is 5.97 Å². The summed E-state index contributed by atoms with van der Waals surface area (Å²) in [6.45, 7) is 1.99. The second kappa shape index (κ2) is 4.97. The van der Waals surface area contributed by atoms with E-state index in [9.17, 15) is 9.90 Å². The van der Waals surface area contributed by atoms with Crippen LogP contribution in [0.4, 0.5) is 0 Å². The zero-order valence-electron chi connectivity index (χ0n) is 9.32. The van der Waals surface area contributed by atoms with E-state index in [-0.39, 0.29) is 6.04 Å². The Morgan fingerprint density at radius 1 is 1.07 bits per heavy atom. The van der Waals surface area contributed by atoms with Crippen LogP contribution in [0, 0.1) is 5.92 Å². The maximum Gasteiger partial charge on any atom is 0.321 e. The number of likely N-dealkylation sites (tertiary alicyclic amines) is 1. The van der Waals surface area contributed by atoms with E-state index in [0.717, 1.165) is 25.9 Å². The maximum atomic E-state index is 11.3. The number of nitrogens with zero attached hydrogens (tertiary/aromatic N) is 1. The van der Waals surface area contributed by atoms with Crippen LogP contribution in [0.25, 0.3) is 0 Å². The average molecular weight is 211 g/mol. The fraction of sp³-hybridized carbons (Fsp3) is 0.917. The van der Waals surface area contributed by atoms with E-state index in [1.54, 1.807) is 0 Å². The monoisotopic (exact) mass is 211 g/mol. The Kier molecular flexibility index (Phi) is 3.62. The molecule has 15 heavy (non-hydrogen) atoms. The first-order chi connectivity index (χ1) is 7.29. The third kappa shape index (κ3) is 2.51. The van der Waals surface area contributed by atoms with E-state index in [0.29, 0.717) is 5.92 Å². The van der Waals surface area contributed by atoms with Crippen molar-refractivity contribution in [2.24, 2.45) is 5.92 Å². The number of carboxylic acids is 1. The normalized spacial score (nSPS) is 26.7. The molecule has 0 aromatic carbocycles. The highest BCUT2D eigenvalue weighted by molar-refractivity contribution is 5.74. The van der Waals surface area contributed by atoms with Gasteiger partial charge in [0.05, 0.1) is 0 Å². The molecule has 3 nitrogen and oxygen atoms in total. The van der Waals surface area contributed by atoms with Gasteiger partial charge in [0, 0.05) is 0 Å². The van der Waals surface area contributed by atoms with Crippen molar-refractivity contribution in [3.63, 3.8) is 0 Å². The van der Waals surface area contributed by atoms with Crippen LogP contribution in [-0.4, -0.2) is 35.1 Å². The van der Waals surface area contributed by atoms with Crippen molar-refractivity contribution < 1.29 is 9.90 Å². The van der Waals surface area contributed by atoms with Crippen LogP contribution in [0.1, 0.15) is 44.9 Å². The standard InChI is InChI=1S/C12H21NO2/c14-12(15)11(13-8-4-5-9-13)10-6-2-1-3-7-10/h10-11H,1-9H2,(H,14,15). The minimum atomic E-state index is -0.594. The molecule has 2 rings (SSSR count). The third-order valence-electron chi connectivity index (χ3n) is 3.88. The van der Waals surface area contributed by atoms with Crippen molar-refractivity contribution >= 4 is 5.97 Å². The zero-order valence-corrected chi connectivity index (χ0v) is 9.32. The Balaban J connectivity index is 2.00. The lowest BCUT2D eigenvalue weighted by atomic mass is 9.83. The number of carbonyl (C=O) groups is 1. The minimum Gasteiger partial charge on any atom is -0.480 e. The van der Waals surface area contributed by atoms with E-state index in [1.165, 1.54) is 32.1 Å². The molecule has 2 fully saturated rings. The van der Waals surface area contributed by atoms with E-state index in [1.807, 2.05) is 0 Å². The molecule has 0 bridgehead atoms. The molecule has 2 aliphatic rings. The summed E-state index contributed by atoms with van der Waals surface area (Å²) < 4.78 is 0. The zero-order chi connectivity index (χ0) is 10.7. The van der Waals surface area contributed by atoms with Crippen LogP contribution in [0.3, 0.4) is 0 Å². The van der Waals surface area contributed by atoms with Gasteiger partial charge in [0.25, 0.3) is 0 Å². The van der Waals surface area contributed by atoms with Crippen molar-refractivity contribution in [2.75, 3.05) is 13.1 Å². The second-order valence-electron chi connectivity index (χ2n) is 4.92. The molecule has 1 unspecified atom stereocenters. The highest BCUT2D eigenvalue weighted by Crippen LogP contribution is 2.30. The SMILES string of the molecule is O=C(O)C(C1CCCCC1)N1CCCC1. The van der Waals surface area contributed by atoms with Gasteiger partial charge >= 0.3 is 5.97 Å². The number of aliphatic carboxylic acids is 1. The van der Waals surface area contributed by atoms with E-state index in [2.05, 4.69) is 4.90 Å². The summed E-state index contributed by atoms with van der Waals surface area (Å²) in [5.41, 5.74) is 0. The molecule has 0 spiro atoms. The fourth-order valence-corrected chi connectivity index (χ4v) is 3.13. The van der Waals surface area contributed by atoms with Crippen molar-refractivity contribution in [1.29, 1.82) is 0 Å². The maximum absolute atomic E-state index is 11.3. The summed E-state index contributed by atoms with van der Waals surface area (Å²) >= 11 is 0. The van der Waals surface area contributed by atoms with Gasteiger partial charge in [-0.05, 0) is 44.7 Å². The number of hydrogen-bond acceptors (Lipinski definition) is 2. The van der Waals surface area contributed by atoms with Crippen LogP contribution >= 0.6 is 0 Å². The van der Waals surface area contributed by atoms with E-state index in [4.69, 9.17) is 0 Å². The summed E-state index contributed by atoms with van der Waals surface area (Å²) in [4.78, 5) is 13.5. The molecule has 1 heterocycles. The van der Waals surface area contributed by atoms with Crippen molar-refractivity contribution in [3.8, 4) is 0 Å². The van der Waals surface area contributed by atoms with Crippen LogP contribution < -0.4 is 0 Å². The molecule has 1 saturated carbocycles. The minimum absolute atomic E-state index is 0.187. The summed E-state index contributed by atoms with van der Waals surface area (Å²) in [7, 11) is 0.